The van der Waals surface area contributed by atoms with E-state index in [1.165, 1.54) is 0 Å². The Balaban J connectivity index is 2.74. The number of aromatic nitrogens is 2. The van der Waals surface area contributed by atoms with Gasteiger partial charge in [0.2, 0.25) is 0 Å². The molecule has 0 aliphatic heterocycles. The summed E-state index contributed by atoms with van der Waals surface area (Å²) in [6, 6.07) is 0. The highest BCUT2D eigenvalue weighted by atomic mass is 16.4. The van der Waals surface area contributed by atoms with Gasteiger partial charge in [-0.05, 0) is 19.8 Å². The van der Waals surface area contributed by atoms with Gasteiger partial charge in [-0.15, -0.1) is 0 Å². The molecule has 1 rings (SSSR count). The van der Waals surface area contributed by atoms with E-state index in [0.29, 0.717) is 19.4 Å². The quantitative estimate of drug-likeness (QED) is 0.759. The van der Waals surface area contributed by atoms with Crippen molar-refractivity contribution in [3.05, 3.63) is 18.2 Å². The van der Waals surface area contributed by atoms with E-state index in [-0.39, 0.29) is 0 Å². The Labute approximate surface area is 102 Å². The molecule has 0 aliphatic carbocycles. The molecular formula is C12H21N3O2. The van der Waals surface area contributed by atoms with Crippen LogP contribution in [0.5, 0.6) is 0 Å². The van der Waals surface area contributed by atoms with Crippen LogP contribution >= 0.6 is 0 Å². The van der Waals surface area contributed by atoms with Crippen molar-refractivity contribution in [1.82, 2.24) is 14.9 Å². The van der Waals surface area contributed by atoms with E-state index in [0.717, 1.165) is 12.2 Å². The summed E-state index contributed by atoms with van der Waals surface area (Å²) < 4.78 is 2.00. The van der Waals surface area contributed by atoms with Crippen LogP contribution in [0.2, 0.25) is 0 Å². The SMILES string of the molecule is CCn1cncc1CNC(CC)(CC)C(=O)O. The Bertz CT molecular complexity index is 370. The first kappa shape index (κ1) is 13.7. The van der Waals surface area contributed by atoms with Crippen molar-refractivity contribution >= 4 is 5.97 Å². The molecule has 0 aliphatic rings. The Kier molecular flexibility index (Phi) is 4.69. The molecule has 0 saturated carbocycles. The van der Waals surface area contributed by atoms with Gasteiger partial charge in [0.15, 0.2) is 0 Å². The monoisotopic (exact) mass is 239 g/mol. The average molecular weight is 239 g/mol. The van der Waals surface area contributed by atoms with E-state index in [1.54, 1.807) is 12.5 Å². The minimum absolute atomic E-state index is 0.530. The van der Waals surface area contributed by atoms with E-state index < -0.39 is 11.5 Å². The molecular weight excluding hydrogens is 218 g/mol. The lowest BCUT2D eigenvalue weighted by Crippen LogP contribution is -2.50. The molecule has 1 heterocycles. The summed E-state index contributed by atoms with van der Waals surface area (Å²) in [4.78, 5) is 15.4. The summed E-state index contributed by atoms with van der Waals surface area (Å²) >= 11 is 0. The molecule has 1 aromatic rings. The molecule has 0 aromatic carbocycles. The lowest BCUT2D eigenvalue weighted by Gasteiger charge is -2.28. The Morgan fingerprint density at radius 2 is 2.12 bits per heavy atom. The third kappa shape index (κ3) is 2.85. The number of aliphatic carboxylic acids is 1. The second-order valence-corrected chi connectivity index (χ2v) is 4.12. The van der Waals surface area contributed by atoms with E-state index in [9.17, 15) is 9.90 Å². The highest BCUT2D eigenvalue weighted by Gasteiger charge is 2.34. The third-order valence-electron chi connectivity index (χ3n) is 3.36. The van der Waals surface area contributed by atoms with Crippen molar-refractivity contribution in [1.29, 1.82) is 0 Å². The summed E-state index contributed by atoms with van der Waals surface area (Å²) in [5.74, 6) is -0.787. The number of imidazole rings is 1. The summed E-state index contributed by atoms with van der Waals surface area (Å²) in [5.41, 5.74) is 0.183. The van der Waals surface area contributed by atoms with Crippen molar-refractivity contribution in [3.63, 3.8) is 0 Å². The Morgan fingerprint density at radius 1 is 1.47 bits per heavy atom. The summed E-state index contributed by atoms with van der Waals surface area (Å²) in [5, 5.41) is 12.4. The van der Waals surface area contributed by atoms with Crippen LogP contribution in [0.25, 0.3) is 0 Å². The number of nitrogens with one attached hydrogen (secondary N) is 1. The minimum Gasteiger partial charge on any atom is -0.480 e. The van der Waals surface area contributed by atoms with Gasteiger partial charge in [-0.1, -0.05) is 13.8 Å². The smallest absolute Gasteiger partial charge is 0.323 e. The van der Waals surface area contributed by atoms with Crippen LogP contribution in [0, 0.1) is 0 Å². The largest absolute Gasteiger partial charge is 0.480 e. The number of nitrogens with zero attached hydrogens (tertiary/aromatic N) is 2. The summed E-state index contributed by atoms with van der Waals surface area (Å²) in [7, 11) is 0. The van der Waals surface area contributed by atoms with E-state index in [1.807, 2.05) is 25.3 Å². The van der Waals surface area contributed by atoms with Gasteiger partial charge in [0, 0.05) is 19.3 Å². The fraction of sp³-hybridized carbons (Fsp3) is 0.667. The van der Waals surface area contributed by atoms with Crippen molar-refractivity contribution in [2.45, 2.75) is 52.2 Å². The van der Waals surface area contributed by atoms with Gasteiger partial charge in [-0.25, -0.2) is 4.98 Å². The maximum Gasteiger partial charge on any atom is 0.323 e. The standard InChI is InChI=1S/C12H21N3O2/c1-4-12(5-2,11(16)17)14-8-10-7-13-9-15(10)6-3/h7,9,14H,4-6,8H2,1-3H3,(H,16,17). The molecule has 5 heteroatoms. The van der Waals surface area contributed by atoms with Gasteiger partial charge in [-0.2, -0.15) is 0 Å². The lowest BCUT2D eigenvalue weighted by molar-refractivity contribution is -0.145. The zero-order valence-corrected chi connectivity index (χ0v) is 10.7. The van der Waals surface area contributed by atoms with Gasteiger partial charge in [0.1, 0.15) is 5.54 Å². The lowest BCUT2D eigenvalue weighted by atomic mass is 9.93. The molecule has 96 valence electrons. The summed E-state index contributed by atoms with van der Waals surface area (Å²) in [6.07, 6.45) is 4.67. The molecule has 0 spiro atoms. The van der Waals surface area contributed by atoms with Crippen molar-refractivity contribution in [3.8, 4) is 0 Å². The summed E-state index contributed by atoms with van der Waals surface area (Å²) in [6.45, 7) is 7.19. The predicted octanol–water partition coefficient (Wildman–Crippen LogP) is 1.64. The molecule has 0 bridgehead atoms. The maximum atomic E-state index is 11.3. The Hall–Kier alpha value is -1.36. The first-order chi connectivity index (χ1) is 8.09. The van der Waals surface area contributed by atoms with Crippen molar-refractivity contribution < 1.29 is 9.90 Å². The van der Waals surface area contributed by atoms with Crippen molar-refractivity contribution in [2.24, 2.45) is 0 Å². The van der Waals surface area contributed by atoms with E-state index in [4.69, 9.17) is 0 Å². The van der Waals surface area contributed by atoms with Gasteiger partial charge in [0.25, 0.3) is 0 Å². The first-order valence-electron chi connectivity index (χ1n) is 6.07. The van der Waals surface area contributed by atoms with Gasteiger partial charge in [-0.3, -0.25) is 10.1 Å². The molecule has 1 aromatic heterocycles. The molecule has 0 atom stereocenters. The molecule has 17 heavy (non-hydrogen) atoms. The van der Waals surface area contributed by atoms with Crippen LogP contribution in [0.1, 0.15) is 39.3 Å². The van der Waals surface area contributed by atoms with Gasteiger partial charge >= 0.3 is 5.97 Å². The number of aryl methyl sites for hydroxylation is 1. The van der Waals surface area contributed by atoms with E-state index >= 15 is 0 Å². The maximum absolute atomic E-state index is 11.3. The van der Waals surface area contributed by atoms with Crippen molar-refractivity contribution in [2.75, 3.05) is 0 Å². The average Bonchev–Trinajstić information content (AvgIpc) is 2.78. The fourth-order valence-electron chi connectivity index (χ4n) is 1.92. The second-order valence-electron chi connectivity index (χ2n) is 4.12. The van der Waals surface area contributed by atoms with Crippen LogP contribution < -0.4 is 5.32 Å². The molecule has 0 amide bonds. The first-order valence-corrected chi connectivity index (χ1v) is 6.07. The molecule has 0 unspecified atom stereocenters. The molecule has 0 fully saturated rings. The molecule has 2 N–H and O–H groups in total. The normalized spacial score (nSPS) is 11.7. The Morgan fingerprint density at radius 3 is 2.59 bits per heavy atom. The zero-order valence-electron chi connectivity index (χ0n) is 10.7. The predicted molar refractivity (Wildman–Crippen MR) is 65.7 cm³/mol. The van der Waals surface area contributed by atoms with Crippen LogP contribution in [0.4, 0.5) is 0 Å². The van der Waals surface area contributed by atoms with E-state index in [2.05, 4.69) is 10.3 Å². The van der Waals surface area contributed by atoms with Crippen LogP contribution in [0.3, 0.4) is 0 Å². The van der Waals surface area contributed by atoms with Gasteiger partial charge in [0.05, 0.1) is 12.0 Å². The molecule has 5 nitrogen and oxygen atoms in total. The second kappa shape index (κ2) is 5.82. The topological polar surface area (TPSA) is 67.2 Å². The van der Waals surface area contributed by atoms with Crippen LogP contribution in [-0.2, 0) is 17.9 Å². The number of hydrogen-bond acceptors (Lipinski definition) is 3. The third-order valence-corrected chi connectivity index (χ3v) is 3.36. The molecule has 0 radical (unpaired) electrons. The highest BCUT2D eigenvalue weighted by molar-refractivity contribution is 5.78. The number of carboxylic acid groups (broad SMARTS) is 1. The number of hydrogen-bond donors (Lipinski definition) is 2. The highest BCUT2D eigenvalue weighted by Crippen LogP contribution is 2.16. The van der Waals surface area contributed by atoms with Crippen LogP contribution in [0.15, 0.2) is 12.5 Å². The van der Waals surface area contributed by atoms with Gasteiger partial charge < -0.3 is 9.67 Å². The number of rotatable bonds is 7. The zero-order chi connectivity index (χ0) is 12.9. The minimum atomic E-state index is -0.831. The molecule has 0 saturated heterocycles. The fourth-order valence-corrected chi connectivity index (χ4v) is 1.92. The number of carbonyl (C=O) groups is 1. The van der Waals surface area contributed by atoms with Crippen LogP contribution in [-0.4, -0.2) is 26.2 Å². The number of carboxylic acids is 1.